The molecule has 0 atom stereocenters. The zero-order chi connectivity index (χ0) is 15.8. The van der Waals surface area contributed by atoms with E-state index in [1.54, 1.807) is 6.92 Å². The molecule has 1 fully saturated rings. The van der Waals surface area contributed by atoms with Crippen molar-refractivity contribution in [3.63, 3.8) is 0 Å². The van der Waals surface area contributed by atoms with E-state index in [9.17, 15) is 21.9 Å². The van der Waals surface area contributed by atoms with Gasteiger partial charge < -0.3 is 5.11 Å². The molecule has 0 spiro atoms. The number of hydrogen-bond donors (Lipinski definition) is 2. The molecular formula is C12H16ClNO5S2. The van der Waals surface area contributed by atoms with Gasteiger partial charge in [-0.3, -0.25) is 4.72 Å². The number of aromatic hydroxyl groups is 1. The summed E-state index contributed by atoms with van der Waals surface area (Å²) in [5, 5.41) is 9.39. The monoisotopic (exact) mass is 353 g/mol. The van der Waals surface area contributed by atoms with Gasteiger partial charge in [0.15, 0.2) is 0 Å². The summed E-state index contributed by atoms with van der Waals surface area (Å²) in [5.74, 6) is -0.468. The van der Waals surface area contributed by atoms with Crippen molar-refractivity contribution >= 4 is 37.1 Å². The Hall–Kier alpha value is -0.990. The largest absolute Gasteiger partial charge is 0.505 e. The lowest BCUT2D eigenvalue weighted by Crippen LogP contribution is -2.36. The molecular weight excluding hydrogens is 338 g/mol. The van der Waals surface area contributed by atoms with Gasteiger partial charge in [0, 0.05) is 5.02 Å². The molecule has 0 amide bonds. The van der Waals surface area contributed by atoms with E-state index < -0.39 is 25.1 Å². The Morgan fingerprint density at radius 3 is 2.43 bits per heavy atom. The Labute approximate surface area is 129 Å². The molecule has 1 aliphatic rings. The summed E-state index contributed by atoms with van der Waals surface area (Å²) >= 11 is 5.85. The molecule has 1 saturated heterocycles. The average Bonchev–Trinajstić information content (AvgIpc) is 2.34. The maximum atomic E-state index is 12.3. The molecule has 9 heteroatoms. The molecule has 2 rings (SSSR count). The molecule has 0 unspecified atom stereocenters. The minimum absolute atomic E-state index is 0.00781. The minimum atomic E-state index is -3.78. The minimum Gasteiger partial charge on any atom is -0.505 e. The number of sulfonamides is 1. The Kier molecular flexibility index (Phi) is 4.41. The quantitative estimate of drug-likeness (QED) is 0.805. The summed E-state index contributed by atoms with van der Waals surface area (Å²) in [5.41, 5.74) is 0.458. The third kappa shape index (κ3) is 3.81. The van der Waals surface area contributed by atoms with E-state index >= 15 is 0 Å². The van der Waals surface area contributed by atoms with Crippen LogP contribution < -0.4 is 4.72 Å². The van der Waals surface area contributed by atoms with Crippen LogP contribution in [0.2, 0.25) is 5.02 Å². The molecule has 0 aliphatic carbocycles. The molecule has 21 heavy (non-hydrogen) atoms. The molecule has 0 radical (unpaired) electrons. The number of sulfone groups is 1. The highest BCUT2D eigenvalue weighted by Gasteiger charge is 2.33. The summed E-state index contributed by atoms with van der Waals surface area (Å²) in [7, 11) is -6.91. The maximum Gasteiger partial charge on any atom is 0.235 e. The van der Waals surface area contributed by atoms with Crippen LogP contribution in [0.1, 0.15) is 18.4 Å². The topological polar surface area (TPSA) is 101 Å². The highest BCUT2D eigenvalue weighted by atomic mass is 35.5. The van der Waals surface area contributed by atoms with E-state index in [2.05, 4.69) is 4.72 Å². The van der Waals surface area contributed by atoms with Crippen LogP contribution in [0.4, 0.5) is 5.69 Å². The number of rotatable bonds is 3. The van der Waals surface area contributed by atoms with Gasteiger partial charge in [-0.1, -0.05) is 11.6 Å². The SMILES string of the molecule is Cc1cc(Cl)cc(NS(=O)(=O)C2CCS(=O)(=O)CC2)c1O. The number of anilines is 1. The second kappa shape index (κ2) is 5.66. The molecule has 1 aromatic rings. The van der Waals surface area contributed by atoms with E-state index in [-0.39, 0.29) is 35.8 Å². The number of halogens is 1. The average molecular weight is 354 g/mol. The zero-order valence-electron chi connectivity index (χ0n) is 11.3. The first-order chi connectivity index (χ1) is 9.61. The molecule has 1 aromatic carbocycles. The van der Waals surface area contributed by atoms with Crippen molar-refractivity contribution < 1.29 is 21.9 Å². The van der Waals surface area contributed by atoms with Gasteiger partial charge in [0.2, 0.25) is 10.0 Å². The van der Waals surface area contributed by atoms with E-state index in [1.807, 2.05) is 0 Å². The smallest absolute Gasteiger partial charge is 0.235 e. The lowest BCUT2D eigenvalue weighted by atomic mass is 10.2. The number of benzene rings is 1. The van der Waals surface area contributed by atoms with Crippen molar-refractivity contribution in [1.29, 1.82) is 0 Å². The van der Waals surface area contributed by atoms with E-state index in [4.69, 9.17) is 11.6 Å². The number of hydrogen-bond acceptors (Lipinski definition) is 5. The van der Waals surface area contributed by atoms with Crippen molar-refractivity contribution in [3.8, 4) is 5.75 Å². The summed E-state index contributed by atoms with van der Waals surface area (Å²) in [6, 6.07) is 2.84. The summed E-state index contributed by atoms with van der Waals surface area (Å²) in [6.45, 7) is 1.60. The van der Waals surface area contributed by atoms with Crippen LogP contribution in [0.15, 0.2) is 12.1 Å². The molecule has 118 valence electrons. The molecule has 1 heterocycles. The lowest BCUT2D eigenvalue weighted by molar-refractivity contribution is 0.473. The van der Waals surface area contributed by atoms with Gasteiger partial charge in [0.25, 0.3) is 0 Å². The number of nitrogens with one attached hydrogen (secondary N) is 1. The van der Waals surface area contributed by atoms with Crippen LogP contribution in [-0.2, 0) is 19.9 Å². The highest BCUT2D eigenvalue weighted by molar-refractivity contribution is 7.94. The predicted molar refractivity (Wildman–Crippen MR) is 82.1 cm³/mol. The Morgan fingerprint density at radius 2 is 1.86 bits per heavy atom. The van der Waals surface area contributed by atoms with Gasteiger partial charge in [-0.2, -0.15) is 0 Å². The van der Waals surface area contributed by atoms with Crippen LogP contribution in [0, 0.1) is 6.92 Å². The molecule has 0 saturated carbocycles. The molecule has 6 nitrogen and oxygen atoms in total. The standard InChI is InChI=1S/C12H16ClNO5S2/c1-8-6-9(13)7-11(12(8)15)14-21(18,19)10-2-4-20(16,17)5-3-10/h6-7,10,14-15H,2-5H2,1H3. The Bertz CT molecular complexity index is 744. The predicted octanol–water partition coefficient (Wildman–Crippen LogP) is 1.67. The zero-order valence-corrected chi connectivity index (χ0v) is 13.7. The van der Waals surface area contributed by atoms with Crippen LogP contribution in [0.5, 0.6) is 5.75 Å². The molecule has 0 aromatic heterocycles. The Morgan fingerprint density at radius 1 is 1.29 bits per heavy atom. The fourth-order valence-corrected chi connectivity index (χ4v) is 5.78. The van der Waals surface area contributed by atoms with E-state index in [0.29, 0.717) is 10.6 Å². The van der Waals surface area contributed by atoms with Crippen LogP contribution in [0.25, 0.3) is 0 Å². The van der Waals surface area contributed by atoms with Crippen molar-refractivity contribution in [3.05, 3.63) is 22.7 Å². The van der Waals surface area contributed by atoms with Crippen molar-refractivity contribution in [1.82, 2.24) is 0 Å². The van der Waals surface area contributed by atoms with Crippen molar-refractivity contribution in [2.24, 2.45) is 0 Å². The highest BCUT2D eigenvalue weighted by Crippen LogP contribution is 2.33. The summed E-state index contributed by atoms with van der Waals surface area (Å²) < 4.78 is 49.6. The van der Waals surface area contributed by atoms with Crippen LogP contribution in [0.3, 0.4) is 0 Å². The van der Waals surface area contributed by atoms with E-state index in [1.165, 1.54) is 12.1 Å². The van der Waals surface area contributed by atoms with Crippen molar-refractivity contribution in [2.75, 3.05) is 16.2 Å². The molecule has 2 N–H and O–H groups in total. The Balaban J connectivity index is 2.23. The van der Waals surface area contributed by atoms with Gasteiger partial charge in [0.05, 0.1) is 22.4 Å². The van der Waals surface area contributed by atoms with Gasteiger partial charge in [-0.25, -0.2) is 16.8 Å². The second-order valence-corrected chi connectivity index (χ2v) is 9.82. The van der Waals surface area contributed by atoms with Crippen LogP contribution >= 0.6 is 11.6 Å². The van der Waals surface area contributed by atoms with Crippen LogP contribution in [-0.4, -0.2) is 38.7 Å². The molecule has 0 bridgehead atoms. The second-order valence-electron chi connectivity index (χ2n) is 5.12. The lowest BCUT2D eigenvalue weighted by Gasteiger charge is -2.23. The van der Waals surface area contributed by atoms with Gasteiger partial charge in [0.1, 0.15) is 15.6 Å². The third-order valence-corrected chi connectivity index (χ3v) is 7.25. The molecule has 1 aliphatic heterocycles. The van der Waals surface area contributed by atoms with Gasteiger partial charge in [-0.15, -0.1) is 0 Å². The first kappa shape index (κ1) is 16.4. The van der Waals surface area contributed by atoms with Gasteiger partial charge in [-0.05, 0) is 37.5 Å². The van der Waals surface area contributed by atoms with Gasteiger partial charge >= 0.3 is 0 Å². The third-order valence-electron chi connectivity index (χ3n) is 3.46. The first-order valence-electron chi connectivity index (χ1n) is 6.32. The number of aryl methyl sites for hydroxylation is 1. The normalized spacial score (nSPS) is 19.3. The summed E-state index contributed by atoms with van der Waals surface area (Å²) in [6.07, 6.45) is 0.107. The fraction of sp³-hybridized carbons (Fsp3) is 0.500. The number of phenolic OH excluding ortho intramolecular Hbond substituents is 1. The van der Waals surface area contributed by atoms with E-state index in [0.717, 1.165) is 0 Å². The first-order valence-corrected chi connectivity index (χ1v) is 10.1. The summed E-state index contributed by atoms with van der Waals surface area (Å²) in [4.78, 5) is 0. The fourth-order valence-electron chi connectivity index (χ4n) is 2.23. The maximum absolute atomic E-state index is 12.3. The van der Waals surface area contributed by atoms with Crippen molar-refractivity contribution in [2.45, 2.75) is 25.0 Å². The number of phenols is 1.